The molecule has 8 heteroatoms. The Morgan fingerprint density at radius 3 is 2.50 bits per heavy atom. The van der Waals surface area contributed by atoms with Crippen LogP contribution < -0.4 is 5.32 Å². The number of rotatable bonds is 5. The first-order valence-electron chi connectivity index (χ1n) is 11.3. The summed E-state index contributed by atoms with van der Waals surface area (Å²) in [5.41, 5.74) is 2.39. The van der Waals surface area contributed by atoms with Crippen molar-refractivity contribution in [1.29, 1.82) is 0 Å². The molecule has 2 aromatic rings. The molecule has 2 aromatic heterocycles. The summed E-state index contributed by atoms with van der Waals surface area (Å²) < 4.78 is 7.34. The highest BCUT2D eigenvalue weighted by Gasteiger charge is 2.35. The van der Waals surface area contributed by atoms with Crippen molar-refractivity contribution in [3.63, 3.8) is 0 Å². The molecule has 30 heavy (non-hydrogen) atoms. The third-order valence-electron chi connectivity index (χ3n) is 7.20. The van der Waals surface area contributed by atoms with Crippen molar-refractivity contribution < 1.29 is 14.3 Å². The van der Waals surface area contributed by atoms with E-state index in [0.717, 1.165) is 49.3 Å². The van der Waals surface area contributed by atoms with E-state index in [9.17, 15) is 9.59 Å². The van der Waals surface area contributed by atoms with Gasteiger partial charge < -0.3 is 15.0 Å². The number of nitrogens with one attached hydrogen (secondary N) is 1. The normalized spacial score (nSPS) is 25.6. The first kappa shape index (κ1) is 19.8. The standard InChI is InChI=1S/C22H30N4O3S/c1-14-18-19(15-5-3-2-4-6-15)20(23-13-27)30-21(18)26(24-14)17-9-7-16(8-10-17)25-11-12-29-22(25)28/h13,15-17H,2-12H2,1H3,(H,23,27). The number of fused-ring (bicyclic) bond motifs is 1. The fourth-order valence-corrected chi connectivity index (χ4v) is 7.06. The van der Waals surface area contributed by atoms with E-state index in [1.54, 1.807) is 11.3 Å². The van der Waals surface area contributed by atoms with Crippen LogP contribution in [0.3, 0.4) is 0 Å². The van der Waals surface area contributed by atoms with Crippen molar-refractivity contribution in [3.05, 3.63) is 11.3 Å². The van der Waals surface area contributed by atoms with E-state index < -0.39 is 0 Å². The van der Waals surface area contributed by atoms with Crippen molar-refractivity contribution in [1.82, 2.24) is 14.7 Å². The van der Waals surface area contributed by atoms with E-state index in [-0.39, 0.29) is 12.1 Å². The van der Waals surface area contributed by atoms with Crippen LogP contribution in [-0.2, 0) is 9.53 Å². The van der Waals surface area contributed by atoms with Gasteiger partial charge in [-0.05, 0) is 51.4 Å². The molecule has 0 atom stereocenters. The van der Waals surface area contributed by atoms with Gasteiger partial charge in [0.25, 0.3) is 0 Å². The predicted molar refractivity (Wildman–Crippen MR) is 117 cm³/mol. The summed E-state index contributed by atoms with van der Waals surface area (Å²) in [4.78, 5) is 26.3. The van der Waals surface area contributed by atoms with E-state index >= 15 is 0 Å². The lowest BCUT2D eigenvalue weighted by molar-refractivity contribution is -0.105. The maximum absolute atomic E-state index is 11.9. The summed E-state index contributed by atoms with van der Waals surface area (Å²) in [5, 5.41) is 10.2. The molecule has 0 spiro atoms. The molecule has 0 unspecified atom stereocenters. The van der Waals surface area contributed by atoms with Crippen molar-refractivity contribution in [2.45, 2.75) is 82.7 Å². The zero-order valence-electron chi connectivity index (χ0n) is 17.6. The molecule has 5 rings (SSSR count). The number of ether oxygens (including phenoxy) is 1. The number of carbonyl (C=O) groups is 2. The van der Waals surface area contributed by atoms with Crippen LogP contribution in [0, 0.1) is 6.92 Å². The van der Waals surface area contributed by atoms with E-state index in [4.69, 9.17) is 9.84 Å². The van der Waals surface area contributed by atoms with Crippen molar-refractivity contribution in [2.75, 3.05) is 18.5 Å². The number of cyclic esters (lactones) is 1. The molecule has 0 bridgehead atoms. The number of aryl methyl sites for hydroxylation is 1. The van der Waals surface area contributed by atoms with Crippen LogP contribution in [0.4, 0.5) is 9.80 Å². The van der Waals surface area contributed by atoms with Crippen LogP contribution in [0.1, 0.15) is 81.0 Å². The second kappa shape index (κ2) is 8.21. The minimum atomic E-state index is -0.157. The number of thiophene rings is 1. The Labute approximate surface area is 180 Å². The number of hydrogen-bond donors (Lipinski definition) is 1. The summed E-state index contributed by atoms with van der Waals surface area (Å²) in [6.45, 7) is 3.34. The van der Waals surface area contributed by atoms with Crippen molar-refractivity contribution >= 4 is 39.1 Å². The molecule has 162 valence electrons. The smallest absolute Gasteiger partial charge is 0.410 e. The maximum Gasteiger partial charge on any atom is 0.410 e. The number of hydrogen-bond acceptors (Lipinski definition) is 5. The van der Waals surface area contributed by atoms with Crippen LogP contribution >= 0.6 is 11.3 Å². The molecule has 3 heterocycles. The van der Waals surface area contributed by atoms with Gasteiger partial charge in [-0.2, -0.15) is 5.10 Å². The second-order valence-electron chi connectivity index (χ2n) is 8.92. The highest BCUT2D eigenvalue weighted by Crippen LogP contribution is 2.47. The summed E-state index contributed by atoms with van der Waals surface area (Å²) in [7, 11) is 0. The van der Waals surface area contributed by atoms with Gasteiger partial charge in [-0.3, -0.25) is 9.48 Å². The Kier molecular flexibility index (Phi) is 5.43. The quantitative estimate of drug-likeness (QED) is 0.681. The molecule has 2 amide bonds. The summed E-state index contributed by atoms with van der Waals surface area (Å²) >= 11 is 1.68. The van der Waals surface area contributed by atoms with E-state index in [2.05, 4.69) is 16.9 Å². The lowest BCUT2D eigenvalue weighted by Gasteiger charge is -2.33. The first-order valence-corrected chi connectivity index (χ1v) is 12.1. The fourth-order valence-electron chi connectivity index (χ4n) is 5.74. The lowest BCUT2D eigenvalue weighted by atomic mass is 9.83. The zero-order chi connectivity index (χ0) is 20.7. The second-order valence-corrected chi connectivity index (χ2v) is 9.92. The van der Waals surface area contributed by atoms with Gasteiger partial charge in [0, 0.05) is 17.0 Å². The molecule has 1 N–H and O–H groups in total. The molecule has 0 aromatic carbocycles. The summed E-state index contributed by atoms with van der Waals surface area (Å²) in [6, 6.07) is 0.634. The SMILES string of the molecule is Cc1nn(C2CCC(N3CCOC3=O)CC2)c2sc(NC=O)c(C3CCCCC3)c12. The average molecular weight is 431 g/mol. The van der Waals surface area contributed by atoms with Crippen LogP contribution in [-0.4, -0.2) is 46.4 Å². The monoisotopic (exact) mass is 430 g/mol. The van der Waals surface area contributed by atoms with Gasteiger partial charge >= 0.3 is 6.09 Å². The Morgan fingerprint density at radius 2 is 1.83 bits per heavy atom. The Hall–Kier alpha value is -2.09. The molecular formula is C22H30N4O3S. The Balaban J connectivity index is 1.43. The van der Waals surface area contributed by atoms with Crippen LogP contribution in [0.15, 0.2) is 0 Å². The third kappa shape index (κ3) is 3.39. The highest BCUT2D eigenvalue weighted by molar-refractivity contribution is 7.22. The number of amides is 2. The van der Waals surface area contributed by atoms with Crippen LogP contribution in [0.5, 0.6) is 0 Å². The Morgan fingerprint density at radius 1 is 1.10 bits per heavy atom. The van der Waals surface area contributed by atoms with E-state index in [0.29, 0.717) is 18.6 Å². The molecular weight excluding hydrogens is 400 g/mol. The fraction of sp³-hybridized carbons (Fsp3) is 0.682. The third-order valence-corrected chi connectivity index (χ3v) is 8.33. The topological polar surface area (TPSA) is 76.5 Å². The molecule has 0 radical (unpaired) electrons. The molecule has 3 aliphatic rings. The largest absolute Gasteiger partial charge is 0.448 e. The summed E-state index contributed by atoms with van der Waals surface area (Å²) in [5.74, 6) is 0.517. The van der Waals surface area contributed by atoms with E-state index in [1.807, 2.05) is 4.90 Å². The zero-order valence-corrected chi connectivity index (χ0v) is 18.4. The Bertz CT molecular complexity index is 938. The minimum absolute atomic E-state index is 0.157. The van der Waals surface area contributed by atoms with Gasteiger partial charge in [-0.25, -0.2) is 4.79 Å². The number of carbonyl (C=O) groups excluding carboxylic acids is 2. The van der Waals surface area contributed by atoms with Gasteiger partial charge in [0.15, 0.2) is 0 Å². The minimum Gasteiger partial charge on any atom is -0.448 e. The van der Waals surface area contributed by atoms with Gasteiger partial charge in [-0.15, -0.1) is 0 Å². The van der Waals surface area contributed by atoms with Crippen molar-refractivity contribution in [3.8, 4) is 0 Å². The molecule has 2 saturated carbocycles. The van der Waals surface area contributed by atoms with E-state index in [1.165, 1.54) is 47.9 Å². The molecule has 2 aliphatic carbocycles. The van der Waals surface area contributed by atoms with Gasteiger partial charge in [-0.1, -0.05) is 30.6 Å². The van der Waals surface area contributed by atoms with Crippen LogP contribution in [0.25, 0.3) is 10.2 Å². The van der Waals surface area contributed by atoms with Gasteiger partial charge in [0.1, 0.15) is 16.4 Å². The maximum atomic E-state index is 11.9. The van der Waals surface area contributed by atoms with Gasteiger partial charge in [0.2, 0.25) is 6.41 Å². The average Bonchev–Trinajstić information content (AvgIpc) is 3.44. The van der Waals surface area contributed by atoms with Gasteiger partial charge in [0.05, 0.1) is 18.3 Å². The summed E-state index contributed by atoms with van der Waals surface area (Å²) in [6.07, 6.45) is 10.9. The van der Waals surface area contributed by atoms with Crippen molar-refractivity contribution in [2.24, 2.45) is 0 Å². The number of nitrogens with zero attached hydrogens (tertiary/aromatic N) is 3. The highest BCUT2D eigenvalue weighted by atomic mass is 32.1. The molecule has 3 fully saturated rings. The van der Waals surface area contributed by atoms with Crippen LogP contribution in [0.2, 0.25) is 0 Å². The number of anilines is 1. The molecule has 7 nitrogen and oxygen atoms in total. The first-order chi connectivity index (χ1) is 14.7. The predicted octanol–water partition coefficient (Wildman–Crippen LogP) is 4.96. The number of aromatic nitrogens is 2. The molecule has 1 saturated heterocycles. The lowest BCUT2D eigenvalue weighted by Crippen LogP contribution is -2.39. The molecule has 1 aliphatic heterocycles.